The second-order valence-corrected chi connectivity index (χ2v) is 3.29. The third-order valence-electron chi connectivity index (χ3n) is 2.17. The van der Waals surface area contributed by atoms with Crippen molar-refractivity contribution in [1.82, 2.24) is 4.57 Å². The van der Waals surface area contributed by atoms with Crippen LogP contribution in [-0.2, 0) is 0 Å². The van der Waals surface area contributed by atoms with E-state index in [0.717, 1.165) is 10.1 Å². The molecule has 0 spiro atoms. The Morgan fingerprint density at radius 3 is 2.73 bits per heavy atom. The summed E-state index contributed by atoms with van der Waals surface area (Å²) in [5.74, 6) is 0. The molecule has 2 aromatic rings. The number of hydrogen-bond acceptors (Lipinski definition) is 2. The minimum absolute atomic E-state index is 0.424. The van der Waals surface area contributed by atoms with Crippen molar-refractivity contribution >= 4 is 16.9 Å². The number of pyridine rings is 1. The Hall–Kier alpha value is -2.10. The fourth-order valence-electron chi connectivity index (χ4n) is 1.51. The fourth-order valence-corrected chi connectivity index (χ4v) is 1.51. The molecule has 4 heteroatoms. The van der Waals surface area contributed by atoms with Crippen LogP contribution < -0.4 is 11.3 Å². The molecule has 1 heterocycles. The van der Waals surface area contributed by atoms with Crippen molar-refractivity contribution in [3.63, 3.8) is 0 Å². The van der Waals surface area contributed by atoms with Gasteiger partial charge in [0, 0.05) is 11.5 Å². The number of carbonyl (C=O) groups excluding carboxylic acids is 1. The van der Waals surface area contributed by atoms with E-state index in [-0.39, 0.29) is 0 Å². The molecule has 0 aliphatic carbocycles. The molecule has 0 aliphatic heterocycles. The van der Waals surface area contributed by atoms with Crippen LogP contribution in [0.2, 0.25) is 0 Å². The number of primary amides is 1. The molecule has 1 aromatic carbocycles. The second-order valence-electron chi connectivity index (χ2n) is 3.29. The highest BCUT2D eigenvalue weighted by Gasteiger charge is 2.06. The van der Waals surface area contributed by atoms with Crippen LogP contribution in [-0.4, -0.2) is 10.6 Å². The standard InChI is InChI=1S/C11H9N2O2/c1-7-2-4-9-8(6-7)3-5-10(14)13(9)11(12)15/h2-5H,1H3,(H2,12,15). The summed E-state index contributed by atoms with van der Waals surface area (Å²) in [5.41, 5.74) is 6.13. The number of nitrogens with zero attached hydrogens (tertiary/aromatic N) is 1. The Morgan fingerprint density at radius 1 is 1.33 bits per heavy atom. The Labute approximate surface area is 85.9 Å². The molecule has 0 unspecified atom stereocenters. The quantitative estimate of drug-likeness (QED) is 0.692. The molecule has 0 fully saturated rings. The van der Waals surface area contributed by atoms with Gasteiger partial charge in [0.15, 0.2) is 0 Å². The summed E-state index contributed by atoms with van der Waals surface area (Å²) >= 11 is 0. The van der Waals surface area contributed by atoms with Gasteiger partial charge in [-0.05, 0) is 30.7 Å². The second kappa shape index (κ2) is 3.24. The molecule has 0 aliphatic rings. The topological polar surface area (TPSA) is 65.1 Å². The van der Waals surface area contributed by atoms with E-state index in [9.17, 15) is 9.59 Å². The molecule has 4 nitrogen and oxygen atoms in total. The number of benzene rings is 1. The Bertz CT molecular complexity index is 599. The van der Waals surface area contributed by atoms with Crippen LogP contribution in [0.1, 0.15) is 5.56 Å². The predicted molar refractivity (Wildman–Crippen MR) is 56.8 cm³/mol. The highest BCUT2D eigenvalue weighted by molar-refractivity contribution is 5.89. The minimum Gasteiger partial charge on any atom is -0.351 e. The van der Waals surface area contributed by atoms with Gasteiger partial charge in [0.25, 0.3) is 5.56 Å². The van der Waals surface area contributed by atoms with Crippen molar-refractivity contribution < 1.29 is 4.79 Å². The lowest BCUT2D eigenvalue weighted by Crippen LogP contribution is -2.31. The largest absolute Gasteiger partial charge is 0.351 e. The SMILES string of the molecule is Cc1[c]c2ccc(=O)n(C(N)=O)c2cc1. The van der Waals surface area contributed by atoms with E-state index in [1.54, 1.807) is 18.2 Å². The average molecular weight is 201 g/mol. The molecule has 0 saturated carbocycles. The third-order valence-corrected chi connectivity index (χ3v) is 2.17. The van der Waals surface area contributed by atoms with Crippen molar-refractivity contribution in [3.8, 4) is 0 Å². The number of hydrogen-bond donors (Lipinski definition) is 1. The van der Waals surface area contributed by atoms with E-state index >= 15 is 0 Å². The van der Waals surface area contributed by atoms with Gasteiger partial charge in [-0.15, -0.1) is 0 Å². The van der Waals surface area contributed by atoms with Gasteiger partial charge in [-0.3, -0.25) is 4.79 Å². The first-order chi connectivity index (χ1) is 7.09. The van der Waals surface area contributed by atoms with E-state index in [0.29, 0.717) is 10.9 Å². The maximum atomic E-state index is 11.4. The van der Waals surface area contributed by atoms with E-state index in [1.165, 1.54) is 6.07 Å². The van der Waals surface area contributed by atoms with Gasteiger partial charge in [0.1, 0.15) is 0 Å². The number of rotatable bonds is 0. The maximum Gasteiger partial charge on any atom is 0.326 e. The van der Waals surface area contributed by atoms with Gasteiger partial charge in [-0.25, -0.2) is 9.36 Å². The van der Waals surface area contributed by atoms with E-state index < -0.39 is 11.6 Å². The van der Waals surface area contributed by atoms with Gasteiger partial charge in [-0.2, -0.15) is 0 Å². The monoisotopic (exact) mass is 201 g/mol. The number of nitrogens with two attached hydrogens (primary N) is 1. The lowest BCUT2D eigenvalue weighted by Gasteiger charge is -2.05. The number of aromatic nitrogens is 1. The molecular formula is C11H9N2O2. The van der Waals surface area contributed by atoms with Gasteiger partial charge < -0.3 is 5.73 Å². The lowest BCUT2D eigenvalue weighted by atomic mass is 10.1. The zero-order valence-electron chi connectivity index (χ0n) is 8.15. The van der Waals surface area contributed by atoms with Crippen LogP contribution in [0.4, 0.5) is 4.79 Å². The van der Waals surface area contributed by atoms with Crippen LogP contribution in [0, 0.1) is 13.0 Å². The summed E-state index contributed by atoms with van der Waals surface area (Å²) in [7, 11) is 0. The molecular weight excluding hydrogens is 192 g/mol. The number of aryl methyl sites for hydroxylation is 1. The molecule has 0 saturated heterocycles. The molecule has 0 bridgehead atoms. The molecule has 75 valence electrons. The molecule has 0 atom stereocenters. The van der Waals surface area contributed by atoms with Crippen LogP contribution >= 0.6 is 0 Å². The minimum atomic E-state index is -0.775. The first-order valence-corrected chi connectivity index (χ1v) is 4.44. The van der Waals surface area contributed by atoms with Crippen LogP contribution in [0.15, 0.2) is 29.1 Å². The average Bonchev–Trinajstić information content (AvgIpc) is 2.17. The van der Waals surface area contributed by atoms with Crippen LogP contribution in [0.5, 0.6) is 0 Å². The maximum absolute atomic E-state index is 11.4. The van der Waals surface area contributed by atoms with E-state index in [4.69, 9.17) is 5.73 Å². The summed E-state index contributed by atoms with van der Waals surface area (Å²) in [4.78, 5) is 22.5. The van der Waals surface area contributed by atoms with Gasteiger partial charge in [-0.1, -0.05) is 6.07 Å². The van der Waals surface area contributed by atoms with Gasteiger partial charge in [0.05, 0.1) is 5.52 Å². The van der Waals surface area contributed by atoms with Crippen molar-refractivity contribution in [2.45, 2.75) is 6.92 Å². The summed E-state index contributed by atoms with van der Waals surface area (Å²) in [6.07, 6.45) is 0. The molecule has 2 N–H and O–H groups in total. The molecule has 15 heavy (non-hydrogen) atoms. The number of amides is 1. The molecule has 1 aromatic heterocycles. The van der Waals surface area contributed by atoms with Gasteiger partial charge in [0.2, 0.25) is 0 Å². The molecule has 1 amide bonds. The van der Waals surface area contributed by atoms with E-state index in [1.807, 2.05) is 6.92 Å². The first-order valence-electron chi connectivity index (χ1n) is 4.44. The lowest BCUT2D eigenvalue weighted by molar-refractivity contribution is 0.250. The summed E-state index contributed by atoms with van der Waals surface area (Å²) < 4.78 is 0.936. The summed E-state index contributed by atoms with van der Waals surface area (Å²) in [5, 5.41) is 0.702. The van der Waals surface area contributed by atoms with Crippen molar-refractivity contribution in [2.75, 3.05) is 0 Å². The zero-order chi connectivity index (χ0) is 11.0. The Balaban J connectivity index is 2.94. The summed E-state index contributed by atoms with van der Waals surface area (Å²) in [6, 6.07) is 8.67. The van der Waals surface area contributed by atoms with E-state index in [2.05, 4.69) is 6.07 Å². The number of carbonyl (C=O) groups is 1. The molecule has 2 rings (SSSR count). The fraction of sp³-hybridized carbons (Fsp3) is 0.0909. The first kappa shape index (κ1) is 9.45. The zero-order valence-corrected chi connectivity index (χ0v) is 8.15. The van der Waals surface area contributed by atoms with Crippen molar-refractivity contribution in [3.05, 3.63) is 46.2 Å². The smallest absolute Gasteiger partial charge is 0.326 e. The van der Waals surface area contributed by atoms with Gasteiger partial charge >= 0.3 is 6.03 Å². The normalized spacial score (nSPS) is 10.5. The molecule has 1 radical (unpaired) electrons. The number of fused-ring (bicyclic) bond motifs is 1. The van der Waals surface area contributed by atoms with Crippen molar-refractivity contribution in [1.29, 1.82) is 0 Å². The van der Waals surface area contributed by atoms with Crippen LogP contribution in [0.3, 0.4) is 0 Å². The Kier molecular flexibility index (Phi) is 2.04. The third kappa shape index (κ3) is 1.50. The highest BCUT2D eigenvalue weighted by Crippen LogP contribution is 2.12. The Morgan fingerprint density at radius 2 is 2.07 bits per heavy atom. The predicted octanol–water partition coefficient (Wildman–Crippen LogP) is 1.04. The highest BCUT2D eigenvalue weighted by atomic mass is 16.2. The van der Waals surface area contributed by atoms with Crippen molar-refractivity contribution in [2.24, 2.45) is 5.73 Å². The van der Waals surface area contributed by atoms with Crippen LogP contribution in [0.25, 0.3) is 10.9 Å². The summed E-state index contributed by atoms with van der Waals surface area (Å²) in [6.45, 7) is 1.89.